The predicted molar refractivity (Wildman–Crippen MR) is 138 cm³/mol. The average molecular weight is 521 g/mol. The summed E-state index contributed by atoms with van der Waals surface area (Å²) >= 11 is 0.307. The van der Waals surface area contributed by atoms with Crippen molar-refractivity contribution in [3.05, 3.63) is 29.3 Å². The minimum absolute atomic E-state index is 0.211. The summed E-state index contributed by atoms with van der Waals surface area (Å²) in [5.41, 5.74) is 6.40. The van der Waals surface area contributed by atoms with Crippen LogP contribution in [0.15, 0.2) is 18.2 Å². The number of benzene rings is 1. The molecule has 1 nitrogen and oxygen atoms in total. The number of hydrogen-bond acceptors (Lipinski definition) is 1. The van der Waals surface area contributed by atoms with E-state index in [0.717, 1.165) is 29.8 Å². The van der Waals surface area contributed by atoms with Crippen LogP contribution in [0.5, 0.6) is 0 Å². The van der Waals surface area contributed by atoms with Crippen molar-refractivity contribution in [1.29, 1.82) is 0 Å². The van der Waals surface area contributed by atoms with Crippen LogP contribution in [0, 0.1) is 5.41 Å². The second-order valence-corrected chi connectivity index (χ2v) is 23.9. The van der Waals surface area contributed by atoms with Crippen LogP contribution in [0.2, 0.25) is 0 Å². The van der Waals surface area contributed by atoms with Gasteiger partial charge in [-0.15, -0.1) is 0 Å². The molecule has 1 heterocycles. The molecule has 0 bridgehead atoms. The van der Waals surface area contributed by atoms with E-state index < -0.39 is 5.59 Å². The molecule has 0 aliphatic carbocycles. The maximum atomic E-state index is 2.97. The van der Waals surface area contributed by atoms with E-state index >= 15 is 0 Å². The third-order valence-corrected chi connectivity index (χ3v) is 28.1. The van der Waals surface area contributed by atoms with Crippen LogP contribution >= 0.6 is 5.59 Å². The third kappa shape index (κ3) is 4.57. The van der Waals surface area contributed by atoms with Crippen LogP contribution in [-0.2, 0) is 29.5 Å². The molecule has 0 saturated carbocycles. The van der Waals surface area contributed by atoms with E-state index in [4.69, 9.17) is 0 Å². The van der Waals surface area contributed by atoms with E-state index in [-0.39, 0.29) is 5.54 Å². The van der Waals surface area contributed by atoms with Crippen LogP contribution in [0.25, 0.3) is 0 Å². The van der Waals surface area contributed by atoms with Crippen LogP contribution in [0.1, 0.15) is 101 Å². The Kier molecular flexibility index (Phi) is 8.35. The molecule has 1 aromatic carbocycles. The van der Waals surface area contributed by atoms with Crippen LogP contribution in [0.4, 0.5) is 5.69 Å². The van der Waals surface area contributed by atoms with Gasteiger partial charge in [-0.05, 0) is 0 Å². The molecule has 1 atom stereocenters. The zero-order chi connectivity index (χ0) is 23.1. The molecule has 3 heteroatoms. The van der Waals surface area contributed by atoms with Gasteiger partial charge in [0.15, 0.2) is 0 Å². The zero-order valence-electron chi connectivity index (χ0n) is 22.0. The number of aryl methyl sites for hydroxylation is 2. The SMILES string of the molecule is CCc1cccc(CC)c1N1[CH]([Ru][PH](C(C)C)(C(C)C)C(C)C)C(C)(C)CC1(C)C. The van der Waals surface area contributed by atoms with Crippen LogP contribution in [0.3, 0.4) is 0 Å². The first-order chi connectivity index (χ1) is 13.8. The Bertz CT molecular complexity index is 676. The Morgan fingerprint density at radius 1 is 0.900 bits per heavy atom. The summed E-state index contributed by atoms with van der Waals surface area (Å²) in [4.78, 5) is 2.97. The first-order valence-corrected chi connectivity index (χ1v) is 18.0. The number of nitrogens with zero attached hydrogens (tertiary/aromatic N) is 1. The fourth-order valence-corrected chi connectivity index (χ4v) is 23.4. The molecule has 1 fully saturated rings. The number of anilines is 1. The van der Waals surface area contributed by atoms with Gasteiger partial charge in [0, 0.05) is 0 Å². The molecule has 30 heavy (non-hydrogen) atoms. The minimum atomic E-state index is -1.43. The van der Waals surface area contributed by atoms with Crippen molar-refractivity contribution in [3.8, 4) is 0 Å². The molecule has 0 spiro atoms. The second kappa shape index (κ2) is 9.51. The third-order valence-electron chi connectivity index (χ3n) is 7.48. The Balaban J connectivity index is 2.73. The van der Waals surface area contributed by atoms with Crippen molar-refractivity contribution in [2.75, 3.05) is 4.90 Å². The fourth-order valence-electron chi connectivity index (χ4n) is 6.57. The molecule has 0 N–H and O–H groups in total. The van der Waals surface area contributed by atoms with Gasteiger partial charge in [-0.2, -0.15) is 0 Å². The van der Waals surface area contributed by atoms with E-state index in [1.54, 1.807) is 16.8 Å². The quantitative estimate of drug-likeness (QED) is 0.247. The molecular formula is C27H50NPRu. The second-order valence-electron chi connectivity index (χ2n) is 11.7. The Labute approximate surface area is 196 Å². The van der Waals surface area contributed by atoms with Gasteiger partial charge in [0.05, 0.1) is 0 Å². The van der Waals surface area contributed by atoms with Gasteiger partial charge in [0.25, 0.3) is 0 Å². The first-order valence-electron chi connectivity index (χ1n) is 12.3. The van der Waals surface area contributed by atoms with E-state index in [1.165, 1.54) is 6.42 Å². The standard InChI is InChI=1S/C18H28N.C9H21P.Ru/c1-7-14-10-9-11-15(8-2)16(14)19-13-17(3,4)12-18(19,5)6;1-7(2)10(8(3)4)9(5)6;/h9-11,13H,7-8,12H2,1-6H3;7-9H,1-6H3;/q;;-1/p+1. The van der Waals surface area contributed by atoms with Crippen LogP contribution in [-0.4, -0.2) is 27.2 Å². The molecule has 1 aliphatic rings. The molecule has 1 saturated heterocycles. The summed E-state index contributed by atoms with van der Waals surface area (Å²) in [5.74, 6) is 0. The summed E-state index contributed by atoms with van der Waals surface area (Å²) in [6.45, 7) is 30.2. The van der Waals surface area contributed by atoms with Gasteiger partial charge in [-0.1, -0.05) is 0 Å². The number of para-hydroxylation sites is 1. The van der Waals surface area contributed by atoms with Crippen LogP contribution < -0.4 is 4.90 Å². The molecule has 0 amide bonds. The molecule has 1 unspecified atom stereocenters. The molecular weight excluding hydrogens is 470 g/mol. The summed E-state index contributed by atoms with van der Waals surface area (Å²) in [5, 5.41) is 0. The Morgan fingerprint density at radius 2 is 1.33 bits per heavy atom. The number of rotatable bonds is 8. The van der Waals surface area contributed by atoms with Gasteiger partial charge in [-0.3, -0.25) is 0 Å². The topological polar surface area (TPSA) is 3.24 Å². The monoisotopic (exact) mass is 521 g/mol. The maximum absolute atomic E-state index is 2.97. The normalized spacial score (nSPS) is 22.0. The van der Waals surface area contributed by atoms with Crippen molar-refractivity contribution in [2.24, 2.45) is 5.41 Å². The summed E-state index contributed by atoms with van der Waals surface area (Å²) in [6.07, 6.45) is 3.54. The van der Waals surface area contributed by atoms with E-state index in [1.807, 2.05) is 0 Å². The summed E-state index contributed by atoms with van der Waals surface area (Å²) in [7, 11) is 0. The van der Waals surface area contributed by atoms with Gasteiger partial charge >= 0.3 is 197 Å². The Hall–Kier alpha value is 0.0734. The fraction of sp³-hybridized carbons (Fsp3) is 0.778. The molecule has 176 valence electrons. The van der Waals surface area contributed by atoms with E-state index in [0.29, 0.717) is 26.7 Å². The van der Waals surface area contributed by atoms with E-state index in [2.05, 4.69) is 106 Å². The van der Waals surface area contributed by atoms with Crippen molar-refractivity contribution < 1.29 is 16.6 Å². The van der Waals surface area contributed by atoms with Crippen molar-refractivity contribution in [2.45, 2.75) is 129 Å². The van der Waals surface area contributed by atoms with Crippen molar-refractivity contribution >= 4 is 11.3 Å². The number of hydrogen-bond donors (Lipinski definition) is 0. The van der Waals surface area contributed by atoms with Gasteiger partial charge in [-0.25, -0.2) is 0 Å². The molecule has 2 rings (SSSR count). The molecule has 0 radical (unpaired) electrons. The Morgan fingerprint density at radius 3 is 1.70 bits per heavy atom. The van der Waals surface area contributed by atoms with Gasteiger partial charge < -0.3 is 0 Å². The molecule has 1 aliphatic heterocycles. The summed E-state index contributed by atoms with van der Waals surface area (Å²) < 4.78 is 0.705. The van der Waals surface area contributed by atoms with Gasteiger partial charge in [0.2, 0.25) is 0 Å². The van der Waals surface area contributed by atoms with E-state index in [9.17, 15) is 0 Å². The van der Waals surface area contributed by atoms with Crippen molar-refractivity contribution in [3.63, 3.8) is 0 Å². The summed E-state index contributed by atoms with van der Waals surface area (Å²) in [6, 6.07) is 7.06. The predicted octanol–water partition coefficient (Wildman–Crippen LogP) is 8.13. The van der Waals surface area contributed by atoms with Crippen molar-refractivity contribution in [1.82, 2.24) is 0 Å². The average Bonchev–Trinajstić information content (AvgIpc) is 2.80. The molecule has 1 aromatic rings. The first kappa shape index (κ1) is 26.3. The molecule has 0 aromatic heterocycles. The zero-order valence-corrected chi connectivity index (χ0v) is 24.7. The van der Waals surface area contributed by atoms with Gasteiger partial charge in [0.1, 0.15) is 0 Å².